The number of hydrogen-bond acceptors (Lipinski definition) is 4. The molecule has 126 valence electrons. The second-order valence-corrected chi connectivity index (χ2v) is 5.87. The normalized spacial score (nSPS) is 19.4. The van der Waals surface area contributed by atoms with Crippen molar-refractivity contribution in [2.24, 2.45) is 5.92 Å². The Morgan fingerprint density at radius 1 is 1.20 bits per heavy atom. The maximum Gasteiger partial charge on any atom is 0.326 e. The molecule has 0 bridgehead atoms. The molecule has 1 aromatic heterocycles. The number of benzene rings is 2. The number of esters is 2. The first-order valence-electron chi connectivity index (χ1n) is 7.75. The van der Waals surface area contributed by atoms with Crippen LogP contribution in [-0.2, 0) is 14.3 Å². The van der Waals surface area contributed by atoms with Gasteiger partial charge in [-0.15, -0.1) is 0 Å². The Morgan fingerprint density at radius 2 is 2.00 bits per heavy atom. The Hall–Kier alpha value is -3.15. The van der Waals surface area contributed by atoms with Crippen LogP contribution in [0.1, 0.15) is 17.0 Å². The van der Waals surface area contributed by atoms with Gasteiger partial charge in [-0.3, -0.25) is 9.59 Å². The van der Waals surface area contributed by atoms with E-state index in [0.29, 0.717) is 5.56 Å². The molecular formula is C19H14FNO4. The van der Waals surface area contributed by atoms with Crippen molar-refractivity contribution < 1.29 is 23.5 Å². The summed E-state index contributed by atoms with van der Waals surface area (Å²) in [5, 5.41) is 0.881. The highest BCUT2D eigenvalue weighted by molar-refractivity contribution is 6.00. The Kier molecular flexibility index (Phi) is 3.53. The van der Waals surface area contributed by atoms with Crippen LogP contribution in [0.4, 0.5) is 4.39 Å². The second-order valence-electron chi connectivity index (χ2n) is 5.87. The molecule has 1 N–H and O–H groups in total. The standard InChI is InChI=1S/C19H14FNO4/c1-24-18(22)17-16(13-9-21-14-5-3-2-4-11(13)14)12-7-6-10(20)8-15(12)25-19(17)23/h2-9,16-17,21H,1H3/t16-,17+/m0/s1. The number of hydrogen-bond donors (Lipinski definition) is 1. The van der Waals surface area contributed by atoms with Gasteiger partial charge in [0.15, 0.2) is 5.92 Å². The summed E-state index contributed by atoms with van der Waals surface area (Å²) in [4.78, 5) is 27.9. The van der Waals surface area contributed by atoms with E-state index in [1.807, 2.05) is 24.3 Å². The van der Waals surface area contributed by atoms with E-state index >= 15 is 0 Å². The first kappa shape index (κ1) is 15.4. The molecule has 2 heterocycles. The minimum atomic E-state index is -1.15. The van der Waals surface area contributed by atoms with E-state index in [1.165, 1.54) is 13.2 Å². The number of aromatic nitrogens is 1. The Labute approximate surface area is 142 Å². The highest BCUT2D eigenvalue weighted by atomic mass is 19.1. The van der Waals surface area contributed by atoms with Crippen LogP contribution in [0.15, 0.2) is 48.7 Å². The zero-order chi connectivity index (χ0) is 17.6. The number of para-hydroxylation sites is 1. The summed E-state index contributed by atoms with van der Waals surface area (Å²) < 4.78 is 23.6. The molecule has 3 aromatic rings. The fourth-order valence-electron chi connectivity index (χ4n) is 3.40. The van der Waals surface area contributed by atoms with E-state index < -0.39 is 29.6 Å². The molecule has 1 aliphatic heterocycles. The molecule has 25 heavy (non-hydrogen) atoms. The highest BCUT2D eigenvalue weighted by Crippen LogP contribution is 2.44. The summed E-state index contributed by atoms with van der Waals surface area (Å²) in [6, 6.07) is 11.5. The molecule has 0 radical (unpaired) electrons. The number of carbonyl (C=O) groups is 2. The van der Waals surface area contributed by atoms with Crippen molar-refractivity contribution in [1.29, 1.82) is 0 Å². The molecule has 2 aromatic carbocycles. The number of nitrogens with one attached hydrogen (secondary N) is 1. The lowest BCUT2D eigenvalue weighted by Crippen LogP contribution is -2.38. The summed E-state index contributed by atoms with van der Waals surface area (Å²) in [7, 11) is 1.22. The zero-order valence-electron chi connectivity index (χ0n) is 13.3. The molecule has 2 atom stereocenters. The predicted octanol–water partition coefficient (Wildman–Crippen LogP) is 3.15. The van der Waals surface area contributed by atoms with Crippen molar-refractivity contribution in [2.45, 2.75) is 5.92 Å². The summed E-state index contributed by atoms with van der Waals surface area (Å²) in [6.07, 6.45) is 1.76. The number of ether oxygens (including phenoxy) is 2. The van der Waals surface area contributed by atoms with Crippen LogP contribution in [0, 0.1) is 11.7 Å². The van der Waals surface area contributed by atoms with Crippen LogP contribution in [0.3, 0.4) is 0 Å². The highest BCUT2D eigenvalue weighted by Gasteiger charge is 2.45. The molecule has 0 fully saturated rings. The number of methoxy groups -OCH3 is 1. The van der Waals surface area contributed by atoms with E-state index in [-0.39, 0.29) is 5.75 Å². The zero-order valence-corrected chi connectivity index (χ0v) is 13.3. The van der Waals surface area contributed by atoms with Gasteiger partial charge >= 0.3 is 11.9 Å². The number of rotatable bonds is 2. The quantitative estimate of drug-likeness (QED) is 0.442. The fraction of sp³-hybridized carbons (Fsp3) is 0.158. The van der Waals surface area contributed by atoms with Crippen molar-refractivity contribution in [3.05, 3.63) is 65.6 Å². The molecule has 4 rings (SSSR count). The molecule has 6 heteroatoms. The molecular weight excluding hydrogens is 325 g/mol. The molecule has 0 amide bonds. The number of carbonyl (C=O) groups excluding carboxylic acids is 2. The summed E-state index contributed by atoms with van der Waals surface area (Å²) in [6.45, 7) is 0. The van der Waals surface area contributed by atoms with Crippen LogP contribution >= 0.6 is 0 Å². The van der Waals surface area contributed by atoms with E-state index in [0.717, 1.165) is 22.5 Å². The number of halogens is 1. The van der Waals surface area contributed by atoms with Crippen molar-refractivity contribution in [3.8, 4) is 5.75 Å². The smallest absolute Gasteiger partial charge is 0.326 e. The van der Waals surface area contributed by atoms with Crippen LogP contribution < -0.4 is 4.74 Å². The first-order valence-corrected chi connectivity index (χ1v) is 7.75. The van der Waals surface area contributed by atoms with Crippen LogP contribution in [0.2, 0.25) is 0 Å². The van der Waals surface area contributed by atoms with Gasteiger partial charge in [0.05, 0.1) is 7.11 Å². The average molecular weight is 339 g/mol. The van der Waals surface area contributed by atoms with E-state index in [9.17, 15) is 14.0 Å². The number of aromatic amines is 1. The maximum absolute atomic E-state index is 13.6. The fourth-order valence-corrected chi connectivity index (χ4v) is 3.40. The molecule has 0 aliphatic carbocycles. The SMILES string of the molecule is COC(=O)[C@@H]1C(=O)Oc2cc(F)ccc2[C@H]1c1c[nH]c2ccccc12. The average Bonchev–Trinajstić information content (AvgIpc) is 3.03. The lowest BCUT2D eigenvalue weighted by atomic mass is 9.78. The lowest BCUT2D eigenvalue weighted by Gasteiger charge is -2.30. The minimum Gasteiger partial charge on any atom is -0.468 e. The topological polar surface area (TPSA) is 68.4 Å². The van der Waals surface area contributed by atoms with Gasteiger partial charge in [-0.1, -0.05) is 24.3 Å². The third-order valence-electron chi connectivity index (χ3n) is 4.52. The third kappa shape index (κ3) is 2.38. The molecule has 0 unspecified atom stereocenters. The van der Waals surface area contributed by atoms with E-state index in [2.05, 4.69) is 4.98 Å². The summed E-state index contributed by atoms with van der Waals surface area (Å²) >= 11 is 0. The Bertz CT molecular complexity index is 994. The van der Waals surface area contributed by atoms with Gasteiger partial charge in [-0.05, 0) is 17.7 Å². The van der Waals surface area contributed by atoms with Gasteiger partial charge in [0, 0.05) is 34.6 Å². The van der Waals surface area contributed by atoms with Gasteiger partial charge < -0.3 is 14.5 Å². The van der Waals surface area contributed by atoms with E-state index in [4.69, 9.17) is 9.47 Å². The largest absolute Gasteiger partial charge is 0.468 e. The van der Waals surface area contributed by atoms with Crippen LogP contribution in [0.5, 0.6) is 5.75 Å². The Balaban J connectivity index is 1.97. The molecule has 0 saturated carbocycles. The number of H-pyrrole nitrogens is 1. The van der Waals surface area contributed by atoms with Crippen molar-refractivity contribution in [3.63, 3.8) is 0 Å². The molecule has 1 aliphatic rings. The van der Waals surface area contributed by atoms with Crippen molar-refractivity contribution in [1.82, 2.24) is 4.98 Å². The second kappa shape index (κ2) is 5.73. The van der Waals surface area contributed by atoms with Crippen molar-refractivity contribution >= 4 is 22.8 Å². The minimum absolute atomic E-state index is 0.125. The van der Waals surface area contributed by atoms with Crippen LogP contribution in [-0.4, -0.2) is 24.0 Å². The first-order chi connectivity index (χ1) is 12.1. The molecule has 0 spiro atoms. The van der Waals surface area contributed by atoms with E-state index in [1.54, 1.807) is 12.3 Å². The molecule has 5 nitrogen and oxygen atoms in total. The van der Waals surface area contributed by atoms with Crippen LogP contribution in [0.25, 0.3) is 10.9 Å². The van der Waals surface area contributed by atoms with Gasteiger partial charge in [0.2, 0.25) is 0 Å². The maximum atomic E-state index is 13.6. The summed E-state index contributed by atoms with van der Waals surface area (Å²) in [5.74, 6) is -3.60. The lowest BCUT2D eigenvalue weighted by molar-refractivity contribution is -0.157. The molecule has 0 saturated heterocycles. The summed E-state index contributed by atoms with van der Waals surface area (Å²) in [5.41, 5.74) is 2.21. The van der Waals surface area contributed by atoms with Crippen molar-refractivity contribution in [2.75, 3.05) is 7.11 Å². The monoisotopic (exact) mass is 339 g/mol. The Morgan fingerprint density at radius 3 is 2.80 bits per heavy atom. The van der Waals surface area contributed by atoms with Gasteiger partial charge in [0.1, 0.15) is 11.6 Å². The number of fused-ring (bicyclic) bond motifs is 2. The van der Waals surface area contributed by atoms with Gasteiger partial charge in [-0.2, -0.15) is 0 Å². The third-order valence-corrected chi connectivity index (χ3v) is 4.52. The van der Waals surface area contributed by atoms with Gasteiger partial charge in [-0.25, -0.2) is 4.39 Å². The van der Waals surface area contributed by atoms with Gasteiger partial charge in [0.25, 0.3) is 0 Å². The predicted molar refractivity (Wildman–Crippen MR) is 87.7 cm³/mol.